The Bertz CT molecular complexity index is 1230. The highest BCUT2D eigenvalue weighted by molar-refractivity contribution is 9.11. The Morgan fingerprint density at radius 2 is 1.67 bits per heavy atom. The number of benzene rings is 3. The van der Waals surface area contributed by atoms with Gasteiger partial charge in [0.15, 0.2) is 5.70 Å². The van der Waals surface area contributed by atoms with Gasteiger partial charge in [-0.2, -0.15) is 0 Å². The standard InChI is InChI=1S/C26H20Br2ClNO3/c1-15(2)18-5-7-19(8-6-18)25-30-23(26(31)33-25)13-17-11-21(27)24(22(28)12-17)32-14-16-3-9-20(29)10-4-16/h3-13,15H,14H2,1-2H3/b23-13+. The first-order valence-corrected chi connectivity index (χ1v) is 12.3. The fourth-order valence-electron chi connectivity index (χ4n) is 3.24. The predicted molar refractivity (Wildman–Crippen MR) is 139 cm³/mol. The number of esters is 1. The van der Waals surface area contributed by atoms with Crippen molar-refractivity contribution in [1.29, 1.82) is 0 Å². The molecule has 0 saturated carbocycles. The first kappa shape index (κ1) is 23.7. The number of ether oxygens (including phenoxy) is 2. The maximum absolute atomic E-state index is 12.4. The number of cyclic esters (lactones) is 1. The van der Waals surface area contributed by atoms with E-state index >= 15 is 0 Å². The van der Waals surface area contributed by atoms with E-state index in [2.05, 4.69) is 50.7 Å². The number of aliphatic imine (C=N–C) groups is 1. The quantitative estimate of drug-likeness (QED) is 0.217. The largest absolute Gasteiger partial charge is 0.487 e. The van der Waals surface area contributed by atoms with Crippen molar-refractivity contribution in [2.45, 2.75) is 26.4 Å². The molecule has 33 heavy (non-hydrogen) atoms. The average Bonchev–Trinajstić information content (AvgIpc) is 3.14. The van der Waals surface area contributed by atoms with Gasteiger partial charge in [0.2, 0.25) is 5.90 Å². The molecule has 0 spiro atoms. The number of rotatable bonds is 6. The van der Waals surface area contributed by atoms with Crippen LogP contribution in [0.15, 0.2) is 80.3 Å². The summed E-state index contributed by atoms with van der Waals surface area (Å²) < 4.78 is 12.9. The smallest absolute Gasteiger partial charge is 0.363 e. The second-order valence-corrected chi connectivity index (χ2v) is 9.99. The molecule has 168 valence electrons. The molecule has 1 aliphatic heterocycles. The molecule has 0 aromatic heterocycles. The first-order valence-electron chi connectivity index (χ1n) is 10.3. The molecule has 0 amide bonds. The minimum atomic E-state index is -0.478. The Hall–Kier alpha value is -2.41. The van der Waals surface area contributed by atoms with Crippen LogP contribution in [0.1, 0.15) is 42.0 Å². The van der Waals surface area contributed by atoms with Gasteiger partial charge in [0.05, 0.1) is 8.95 Å². The monoisotopic (exact) mass is 587 g/mol. The number of nitrogens with zero attached hydrogens (tertiary/aromatic N) is 1. The van der Waals surface area contributed by atoms with Gasteiger partial charge in [-0.15, -0.1) is 0 Å². The lowest BCUT2D eigenvalue weighted by Crippen LogP contribution is -2.05. The molecule has 0 fully saturated rings. The fourth-order valence-corrected chi connectivity index (χ4v) is 4.81. The van der Waals surface area contributed by atoms with Crippen molar-refractivity contribution >= 4 is 61.4 Å². The van der Waals surface area contributed by atoms with Crippen LogP contribution in [0, 0.1) is 0 Å². The highest BCUT2D eigenvalue weighted by Gasteiger charge is 2.24. The van der Waals surface area contributed by atoms with E-state index in [9.17, 15) is 4.79 Å². The van der Waals surface area contributed by atoms with Crippen LogP contribution < -0.4 is 4.74 Å². The molecule has 0 unspecified atom stereocenters. The normalized spacial score (nSPS) is 14.5. The summed E-state index contributed by atoms with van der Waals surface area (Å²) >= 11 is 13.0. The van der Waals surface area contributed by atoms with Gasteiger partial charge in [-0.25, -0.2) is 9.79 Å². The minimum absolute atomic E-state index is 0.242. The Morgan fingerprint density at radius 3 is 2.27 bits per heavy atom. The van der Waals surface area contributed by atoms with Gasteiger partial charge in [-0.3, -0.25) is 0 Å². The van der Waals surface area contributed by atoms with Gasteiger partial charge >= 0.3 is 5.97 Å². The van der Waals surface area contributed by atoms with Gasteiger partial charge < -0.3 is 9.47 Å². The molecule has 4 nitrogen and oxygen atoms in total. The van der Waals surface area contributed by atoms with Crippen molar-refractivity contribution in [2.24, 2.45) is 4.99 Å². The van der Waals surface area contributed by atoms with E-state index in [1.807, 2.05) is 60.7 Å². The molecular weight excluding hydrogens is 570 g/mol. The molecule has 0 bridgehead atoms. The van der Waals surface area contributed by atoms with Gasteiger partial charge in [0, 0.05) is 10.6 Å². The first-order chi connectivity index (χ1) is 15.8. The number of carbonyl (C=O) groups excluding carboxylic acids is 1. The third-order valence-corrected chi connectivity index (χ3v) is 6.50. The van der Waals surface area contributed by atoms with Crippen LogP contribution >= 0.6 is 43.5 Å². The van der Waals surface area contributed by atoms with E-state index in [0.717, 1.165) is 25.6 Å². The van der Waals surface area contributed by atoms with E-state index < -0.39 is 5.97 Å². The van der Waals surface area contributed by atoms with Crippen molar-refractivity contribution in [3.8, 4) is 5.75 Å². The number of hydrogen-bond acceptors (Lipinski definition) is 4. The molecule has 1 aliphatic rings. The number of halogens is 3. The van der Waals surface area contributed by atoms with Crippen LogP contribution in [-0.2, 0) is 16.1 Å². The Balaban J connectivity index is 1.53. The molecule has 0 saturated heterocycles. The number of carbonyl (C=O) groups is 1. The maximum Gasteiger partial charge on any atom is 0.363 e. The lowest BCUT2D eigenvalue weighted by molar-refractivity contribution is -0.129. The molecule has 0 atom stereocenters. The van der Waals surface area contributed by atoms with Gasteiger partial charge in [0.25, 0.3) is 0 Å². The average molecular weight is 590 g/mol. The Labute approximate surface area is 214 Å². The van der Waals surface area contributed by atoms with Crippen LogP contribution in [-0.4, -0.2) is 11.9 Å². The van der Waals surface area contributed by atoms with Crippen LogP contribution in [0.3, 0.4) is 0 Å². The van der Waals surface area contributed by atoms with Crippen molar-refractivity contribution in [1.82, 2.24) is 0 Å². The lowest BCUT2D eigenvalue weighted by atomic mass is 10.0. The fraction of sp³-hybridized carbons (Fsp3) is 0.154. The zero-order chi connectivity index (χ0) is 23.5. The topological polar surface area (TPSA) is 47.9 Å². The van der Waals surface area contributed by atoms with Gasteiger partial charge in [-0.05, 0) is 96.9 Å². The molecule has 0 N–H and O–H groups in total. The molecular formula is C26H20Br2ClNO3. The number of hydrogen-bond donors (Lipinski definition) is 0. The predicted octanol–water partition coefficient (Wildman–Crippen LogP) is 7.91. The third-order valence-electron chi connectivity index (χ3n) is 5.07. The van der Waals surface area contributed by atoms with E-state index in [-0.39, 0.29) is 5.70 Å². The van der Waals surface area contributed by atoms with Crippen molar-refractivity contribution in [3.63, 3.8) is 0 Å². The SMILES string of the molecule is CC(C)c1ccc(C2=N/C(=C/c3cc(Br)c(OCc4ccc(Cl)cc4)c(Br)c3)C(=O)O2)cc1. The van der Waals surface area contributed by atoms with Gasteiger partial charge in [-0.1, -0.05) is 49.7 Å². The maximum atomic E-state index is 12.4. The summed E-state index contributed by atoms with van der Waals surface area (Å²) in [6.07, 6.45) is 1.69. The third kappa shape index (κ3) is 5.75. The highest BCUT2D eigenvalue weighted by Crippen LogP contribution is 2.36. The second kappa shape index (κ2) is 10.2. The van der Waals surface area contributed by atoms with E-state index in [1.165, 1.54) is 5.56 Å². The zero-order valence-corrected chi connectivity index (χ0v) is 21.9. The summed E-state index contributed by atoms with van der Waals surface area (Å²) in [7, 11) is 0. The summed E-state index contributed by atoms with van der Waals surface area (Å²) in [4.78, 5) is 16.8. The molecule has 1 heterocycles. The van der Waals surface area contributed by atoms with E-state index in [4.69, 9.17) is 21.1 Å². The van der Waals surface area contributed by atoms with Gasteiger partial charge in [0.1, 0.15) is 12.4 Å². The second-order valence-electron chi connectivity index (χ2n) is 7.84. The summed E-state index contributed by atoms with van der Waals surface area (Å²) in [5.41, 5.74) is 4.00. The Morgan fingerprint density at radius 1 is 1.03 bits per heavy atom. The molecule has 0 radical (unpaired) electrons. The van der Waals surface area contributed by atoms with Crippen molar-refractivity contribution in [3.05, 3.63) is 103 Å². The summed E-state index contributed by atoms with van der Waals surface area (Å²) in [6, 6.07) is 19.1. The van der Waals surface area contributed by atoms with Crippen LogP contribution in [0.2, 0.25) is 5.02 Å². The zero-order valence-electron chi connectivity index (χ0n) is 17.9. The van der Waals surface area contributed by atoms with E-state index in [1.54, 1.807) is 6.08 Å². The highest BCUT2D eigenvalue weighted by atomic mass is 79.9. The molecule has 4 rings (SSSR count). The molecule has 3 aromatic rings. The molecule has 3 aromatic carbocycles. The van der Waals surface area contributed by atoms with Crippen molar-refractivity contribution in [2.75, 3.05) is 0 Å². The van der Waals surface area contributed by atoms with Crippen LogP contribution in [0.25, 0.3) is 6.08 Å². The lowest BCUT2D eigenvalue weighted by Gasteiger charge is -2.11. The summed E-state index contributed by atoms with van der Waals surface area (Å²) in [5.74, 6) is 0.920. The summed E-state index contributed by atoms with van der Waals surface area (Å²) in [5, 5.41) is 0.683. The summed E-state index contributed by atoms with van der Waals surface area (Å²) in [6.45, 7) is 4.66. The van der Waals surface area contributed by atoms with Crippen LogP contribution in [0.4, 0.5) is 0 Å². The van der Waals surface area contributed by atoms with Crippen LogP contribution in [0.5, 0.6) is 5.75 Å². The molecule has 0 aliphatic carbocycles. The molecule has 7 heteroatoms. The Kier molecular flexibility index (Phi) is 7.37. The van der Waals surface area contributed by atoms with Crippen molar-refractivity contribution < 1.29 is 14.3 Å². The van der Waals surface area contributed by atoms with E-state index in [0.29, 0.717) is 29.2 Å². The minimum Gasteiger partial charge on any atom is -0.487 e.